The first-order chi connectivity index (χ1) is 8.56. The van der Waals surface area contributed by atoms with Gasteiger partial charge in [-0.1, -0.05) is 11.6 Å². The number of anilines is 1. The van der Waals surface area contributed by atoms with Crippen LogP contribution in [0, 0.1) is 0 Å². The summed E-state index contributed by atoms with van der Waals surface area (Å²) in [6, 6.07) is 1.73. The van der Waals surface area contributed by atoms with Crippen molar-refractivity contribution in [3.05, 3.63) is 22.8 Å². The fourth-order valence-corrected chi connectivity index (χ4v) is 2.36. The number of carbonyl (C=O) groups is 1. The van der Waals surface area contributed by atoms with Crippen LogP contribution in [0.5, 0.6) is 0 Å². The smallest absolute Gasteiger partial charge is 0.337 e. The number of nitrogens with one attached hydrogen (secondary N) is 1. The molecule has 0 amide bonds. The predicted octanol–water partition coefficient (Wildman–Crippen LogP) is 1.94. The average molecular weight is 270 g/mol. The normalized spacial score (nSPS) is 20.7. The maximum Gasteiger partial charge on any atom is 0.337 e. The minimum Gasteiger partial charge on any atom is -0.478 e. The predicted molar refractivity (Wildman–Crippen MR) is 70.3 cm³/mol. The summed E-state index contributed by atoms with van der Waals surface area (Å²) in [6.45, 7) is 2.05. The van der Waals surface area contributed by atoms with Crippen molar-refractivity contribution in [2.24, 2.45) is 0 Å². The molecule has 1 aromatic heterocycles. The van der Waals surface area contributed by atoms with E-state index in [2.05, 4.69) is 22.2 Å². The van der Waals surface area contributed by atoms with E-state index in [-0.39, 0.29) is 5.56 Å². The van der Waals surface area contributed by atoms with Gasteiger partial charge in [-0.05, 0) is 32.5 Å². The van der Waals surface area contributed by atoms with E-state index in [0.717, 1.165) is 25.9 Å². The van der Waals surface area contributed by atoms with Crippen LogP contribution in [-0.4, -0.2) is 47.1 Å². The molecule has 1 fully saturated rings. The van der Waals surface area contributed by atoms with Crippen molar-refractivity contribution in [3.8, 4) is 0 Å². The van der Waals surface area contributed by atoms with Gasteiger partial charge in [-0.25, -0.2) is 9.78 Å². The largest absolute Gasteiger partial charge is 0.478 e. The van der Waals surface area contributed by atoms with E-state index in [0.29, 0.717) is 16.9 Å². The van der Waals surface area contributed by atoms with Crippen LogP contribution in [0.3, 0.4) is 0 Å². The summed E-state index contributed by atoms with van der Waals surface area (Å²) in [6.07, 6.45) is 3.53. The Morgan fingerprint density at radius 1 is 1.67 bits per heavy atom. The van der Waals surface area contributed by atoms with Crippen LogP contribution >= 0.6 is 11.6 Å². The summed E-state index contributed by atoms with van der Waals surface area (Å²) in [5.74, 6) is -0.463. The lowest BCUT2D eigenvalue weighted by molar-refractivity contribution is 0.0696. The molecule has 2 heterocycles. The SMILES string of the molecule is CN1CCCC(Nc2ncc(C(=O)O)cc2Cl)C1. The fraction of sp³-hybridized carbons (Fsp3) is 0.500. The summed E-state index contributed by atoms with van der Waals surface area (Å²) >= 11 is 6.03. The van der Waals surface area contributed by atoms with E-state index in [4.69, 9.17) is 16.7 Å². The Labute approximate surface area is 111 Å². The second-order valence-corrected chi connectivity index (χ2v) is 5.01. The van der Waals surface area contributed by atoms with Gasteiger partial charge in [-0.3, -0.25) is 0 Å². The van der Waals surface area contributed by atoms with Crippen LogP contribution in [0.4, 0.5) is 5.82 Å². The van der Waals surface area contributed by atoms with Crippen molar-refractivity contribution in [1.82, 2.24) is 9.88 Å². The van der Waals surface area contributed by atoms with Crippen LogP contribution in [0.25, 0.3) is 0 Å². The number of hydrogen-bond donors (Lipinski definition) is 2. The zero-order valence-corrected chi connectivity index (χ0v) is 10.9. The van der Waals surface area contributed by atoms with Gasteiger partial charge in [0.05, 0.1) is 10.6 Å². The zero-order valence-electron chi connectivity index (χ0n) is 10.2. The van der Waals surface area contributed by atoms with E-state index in [1.165, 1.54) is 12.3 Å². The molecule has 2 N–H and O–H groups in total. The van der Waals surface area contributed by atoms with Crippen molar-refractivity contribution in [2.45, 2.75) is 18.9 Å². The molecule has 1 aliphatic rings. The molecule has 2 rings (SSSR count). The molecule has 1 aliphatic heterocycles. The number of carboxylic acid groups (broad SMARTS) is 1. The van der Waals surface area contributed by atoms with E-state index < -0.39 is 5.97 Å². The third-order valence-electron chi connectivity index (χ3n) is 3.05. The van der Waals surface area contributed by atoms with Crippen LogP contribution in [0.1, 0.15) is 23.2 Å². The number of piperidine rings is 1. The van der Waals surface area contributed by atoms with Gasteiger partial charge in [0.1, 0.15) is 5.82 Å². The topological polar surface area (TPSA) is 65.5 Å². The number of likely N-dealkylation sites (tertiary alicyclic amines) is 1. The molecule has 0 saturated carbocycles. The van der Waals surface area contributed by atoms with Crippen molar-refractivity contribution in [3.63, 3.8) is 0 Å². The summed E-state index contributed by atoms with van der Waals surface area (Å²) < 4.78 is 0. The number of carboxylic acids is 1. The van der Waals surface area contributed by atoms with Gasteiger partial charge in [-0.2, -0.15) is 0 Å². The standard InChI is InChI=1S/C12H16ClN3O2/c1-16-4-2-3-9(7-16)15-11-10(13)5-8(6-14-11)12(17)18/h5-6,9H,2-4,7H2,1H3,(H,14,15)(H,17,18). The highest BCUT2D eigenvalue weighted by atomic mass is 35.5. The molecule has 1 aromatic rings. The summed E-state index contributed by atoms with van der Waals surface area (Å²) in [4.78, 5) is 17.1. The first-order valence-corrected chi connectivity index (χ1v) is 6.28. The molecule has 0 bridgehead atoms. The van der Waals surface area contributed by atoms with E-state index in [1.54, 1.807) is 0 Å². The zero-order chi connectivity index (χ0) is 13.1. The van der Waals surface area contributed by atoms with Crippen molar-refractivity contribution >= 4 is 23.4 Å². The van der Waals surface area contributed by atoms with Crippen LogP contribution in [0.15, 0.2) is 12.3 Å². The monoisotopic (exact) mass is 269 g/mol. The van der Waals surface area contributed by atoms with Crippen LogP contribution in [0.2, 0.25) is 5.02 Å². The summed E-state index contributed by atoms with van der Waals surface area (Å²) in [5.41, 5.74) is 0.103. The molecular formula is C12H16ClN3O2. The van der Waals surface area contributed by atoms with Crippen molar-refractivity contribution in [2.75, 3.05) is 25.5 Å². The Bertz CT molecular complexity index is 453. The fourth-order valence-electron chi connectivity index (χ4n) is 2.14. The van der Waals surface area contributed by atoms with Gasteiger partial charge in [0.25, 0.3) is 0 Å². The highest BCUT2D eigenvalue weighted by molar-refractivity contribution is 6.33. The van der Waals surface area contributed by atoms with Crippen molar-refractivity contribution < 1.29 is 9.90 Å². The Morgan fingerprint density at radius 3 is 3.06 bits per heavy atom. The number of nitrogens with zero attached hydrogens (tertiary/aromatic N) is 2. The number of hydrogen-bond acceptors (Lipinski definition) is 4. The summed E-state index contributed by atoms with van der Waals surface area (Å²) in [5, 5.41) is 12.4. The lowest BCUT2D eigenvalue weighted by atomic mass is 10.1. The molecular weight excluding hydrogens is 254 g/mol. The average Bonchev–Trinajstić information content (AvgIpc) is 2.31. The molecule has 98 valence electrons. The molecule has 0 aromatic carbocycles. The number of rotatable bonds is 3. The number of aromatic carboxylic acids is 1. The number of aromatic nitrogens is 1. The lowest BCUT2D eigenvalue weighted by Crippen LogP contribution is -2.39. The second kappa shape index (κ2) is 5.54. The van der Waals surface area contributed by atoms with Gasteiger partial charge in [-0.15, -0.1) is 0 Å². The molecule has 1 unspecified atom stereocenters. The minimum atomic E-state index is -1.02. The first-order valence-electron chi connectivity index (χ1n) is 5.90. The van der Waals surface area contributed by atoms with Crippen LogP contribution < -0.4 is 5.32 Å². The van der Waals surface area contributed by atoms with Gasteiger partial charge in [0.15, 0.2) is 0 Å². The number of halogens is 1. The lowest BCUT2D eigenvalue weighted by Gasteiger charge is -2.30. The minimum absolute atomic E-state index is 0.103. The highest BCUT2D eigenvalue weighted by Gasteiger charge is 2.18. The van der Waals surface area contributed by atoms with Crippen molar-refractivity contribution in [1.29, 1.82) is 0 Å². The highest BCUT2D eigenvalue weighted by Crippen LogP contribution is 2.22. The summed E-state index contributed by atoms with van der Waals surface area (Å²) in [7, 11) is 2.08. The van der Waals surface area contributed by atoms with E-state index >= 15 is 0 Å². The third-order valence-corrected chi connectivity index (χ3v) is 3.34. The maximum atomic E-state index is 10.8. The molecule has 5 nitrogen and oxygen atoms in total. The maximum absolute atomic E-state index is 10.8. The molecule has 0 radical (unpaired) electrons. The Balaban J connectivity index is 2.07. The second-order valence-electron chi connectivity index (χ2n) is 4.61. The molecule has 1 atom stereocenters. The molecule has 6 heteroatoms. The number of likely N-dealkylation sites (N-methyl/N-ethyl adjacent to an activating group) is 1. The first kappa shape index (κ1) is 13.1. The molecule has 0 spiro atoms. The Morgan fingerprint density at radius 2 is 2.44 bits per heavy atom. The van der Waals surface area contributed by atoms with E-state index in [9.17, 15) is 4.79 Å². The Kier molecular flexibility index (Phi) is 4.04. The molecule has 1 saturated heterocycles. The van der Waals surface area contributed by atoms with Gasteiger partial charge in [0, 0.05) is 18.8 Å². The van der Waals surface area contributed by atoms with Crippen LogP contribution in [-0.2, 0) is 0 Å². The van der Waals surface area contributed by atoms with E-state index in [1.807, 2.05) is 0 Å². The van der Waals surface area contributed by atoms with Gasteiger partial charge < -0.3 is 15.3 Å². The molecule has 18 heavy (non-hydrogen) atoms. The quantitative estimate of drug-likeness (QED) is 0.878. The van der Waals surface area contributed by atoms with Gasteiger partial charge >= 0.3 is 5.97 Å². The third kappa shape index (κ3) is 3.11. The molecule has 0 aliphatic carbocycles. The number of pyridine rings is 1. The van der Waals surface area contributed by atoms with Gasteiger partial charge in [0.2, 0.25) is 0 Å². The Hall–Kier alpha value is -1.33.